The molecule has 2 saturated heterocycles. The number of carbonyl (C=O) groups excluding carboxylic acids is 1. The number of nitrogens with zero attached hydrogens (tertiary/aromatic N) is 1. The number of nitrogens with one attached hydrogen (secondary N) is 1. The van der Waals surface area contributed by atoms with Crippen molar-refractivity contribution >= 4 is 5.91 Å². The monoisotopic (exact) mass is 252 g/mol. The van der Waals surface area contributed by atoms with Crippen molar-refractivity contribution in [1.29, 1.82) is 0 Å². The van der Waals surface area contributed by atoms with Crippen molar-refractivity contribution in [1.82, 2.24) is 10.2 Å². The lowest BCUT2D eigenvalue weighted by Gasteiger charge is -2.29. The molecular formula is C15H28N2O. The molecule has 0 aromatic rings. The van der Waals surface area contributed by atoms with Crippen LogP contribution >= 0.6 is 0 Å². The number of hydrogen-bond acceptors (Lipinski definition) is 2. The summed E-state index contributed by atoms with van der Waals surface area (Å²) in [5.41, 5.74) is 0.140. The quantitative estimate of drug-likeness (QED) is 0.818. The minimum absolute atomic E-state index is 0.140. The lowest BCUT2D eigenvalue weighted by molar-refractivity contribution is -0.126. The molecule has 0 saturated carbocycles. The zero-order valence-corrected chi connectivity index (χ0v) is 12.3. The Labute approximate surface area is 111 Å². The lowest BCUT2D eigenvalue weighted by Crippen LogP contribution is -2.44. The van der Waals surface area contributed by atoms with Crippen molar-refractivity contribution in [2.24, 2.45) is 11.3 Å². The van der Waals surface area contributed by atoms with Crippen LogP contribution in [0.3, 0.4) is 0 Å². The first-order valence-corrected chi connectivity index (χ1v) is 7.42. The third-order valence-electron chi connectivity index (χ3n) is 4.79. The molecule has 2 heterocycles. The number of carbonyl (C=O) groups is 1. The molecule has 2 rings (SSSR count). The van der Waals surface area contributed by atoms with Crippen LogP contribution in [-0.4, -0.2) is 36.0 Å². The van der Waals surface area contributed by atoms with Crippen molar-refractivity contribution in [2.45, 2.75) is 65.5 Å². The summed E-state index contributed by atoms with van der Waals surface area (Å²) >= 11 is 0. The predicted octanol–water partition coefficient (Wildman–Crippen LogP) is 2.41. The molecular weight excluding hydrogens is 224 g/mol. The van der Waals surface area contributed by atoms with Gasteiger partial charge in [-0.15, -0.1) is 0 Å². The first-order chi connectivity index (χ1) is 8.38. The van der Waals surface area contributed by atoms with Gasteiger partial charge in [-0.2, -0.15) is 0 Å². The van der Waals surface area contributed by atoms with Crippen LogP contribution in [-0.2, 0) is 4.79 Å². The molecule has 3 atom stereocenters. The van der Waals surface area contributed by atoms with Crippen LogP contribution in [0.1, 0.15) is 53.4 Å². The largest absolute Gasteiger partial charge is 0.353 e. The molecule has 1 amide bonds. The van der Waals surface area contributed by atoms with Crippen LogP contribution in [0.2, 0.25) is 0 Å². The Hall–Kier alpha value is -0.570. The molecule has 3 heteroatoms. The van der Waals surface area contributed by atoms with E-state index in [9.17, 15) is 4.79 Å². The smallest absolute Gasteiger partial charge is 0.224 e. The second-order valence-corrected chi connectivity index (χ2v) is 7.17. The summed E-state index contributed by atoms with van der Waals surface area (Å²) in [5.74, 6) is 0.490. The third-order valence-corrected chi connectivity index (χ3v) is 4.79. The fourth-order valence-electron chi connectivity index (χ4n) is 2.99. The standard InChI is InChI=1S/C15H28N2O/c1-11(15(2,3)4)16-14(18)12-9-13-7-5-6-8-17(13)10-12/h11-13H,5-10H2,1-4H3,(H,16,18)/t11-,12-,13-/m0/s1. The SMILES string of the molecule is C[C@H](NC(=O)[C@H]1C[C@@H]2CCCCN2C1)C(C)(C)C. The Morgan fingerprint density at radius 3 is 2.67 bits per heavy atom. The van der Waals surface area contributed by atoms with Gasteiger partial charge in [-0.1, -0.05) is 27.2 Å². The van der Waals surface area contributed by atoms with Crippen LogP contribution in [0.25, 0.3) is 0 Å². The molecule has 3 nitrogen and oxygen atoms in total. The Morgan fingerprint density at radius 1 is 1.33 bits per heavy atom. The Morgan fingerprint density at radius 2 is 2.06 bits per heavy atom. The van der Waals surface area contributed by atoms with Crippen LogP contribution in [0, 0.1) is 11.3 Å². The molecule has 0 spiro atoms. The maximum Gasteiger partial charge on any atom is 0.224 e. The van der Waals surface area contributed by atoms with E-state index in [2.05, 4.69) is 37.9 Å². The lowest BCUT2D eigenvalue weighted by atomic mass is 9.87. The van der Waals surface area contributed by atoms with Gasteiger partial charge in [0.2, 0.25) is 5.91 Å². The van der Waals surface area contributed by atoms with Crippen LogP contribution in [0.5, 0.6) is 0 Å². The average Bonchev–Trinajstić information content (AvgIpc) is 2.71. The fourth-order valence-corrected chi connectivity index (χ4v) is 2.99. The summed E-state index contributed by atoms with van der Waals surface area (Å²) in [5, 5.41) is 3.21. The zero-order chi connectivity index (χ0) is 13.3. The molecule has 0 unspecified atom stereocenters. The van der Waals surface area contributed by atoms with Gasteiger partial charge in [-0.05, 0) is 38.1 Å². The summed E-state index contributed by atoms with van der Waals surface area (Å²) in [6, 6.07) is 0.919. The van der Waals surface area contributed by atoms with Crippen LogP contribution in [0.4, 0.5) is 0 Å². The summed E-state index contributed by atoms with van der Waals surface area (Å²) in [4.78, 5) is 14.8. The van der Waals surface area contributed by atoms with E-state index in [1.807, 2.05) is 0 Å². The van der Waals surface area contributed by atoms with E-state index in [1.165, 1.54) is 25.8 Å². The third kappa shape index (κ3) is 3.05. The minimum atomic E-state index is 0.140. The summed E-state index contributed by atoms with van der Waals surface area (Å²) < 4.78 is 0. The summed E-state index contributed by atoms with van der Waals surface area (Å²) in [6.07, 6.45) is 5.01. The van der Waals surface area contributed by atoms with E-state index < -0.39 is 0 Å². The van der Waals surface area contributed by atoms with Gasteiger partial charge in [0.1, 0.15) is 0 Å². The molecule has 1 N–H and O–H groups in total. The predicted molar refractivity (Wildman–Crippen MR) is 74.4 cm³/mol. The van der Waals surface area contributed by atoms with Crippen molar-refractivity contribution in [2.75, 3.05) is 13.1 Å². The van der Waals surface area contributed by atoms with Gasteiger partial charge < -0.3 is 5.32 Å². The summed E-state index contributed by atoms with van der Waals surface area (Å²) in [7, 11) is 0. The molecule has 0 aliphatic carbocycles. The minimum Gasteiger partial charge on any atom is -0.353 e. The van der Waals surface area contributed by atoms with E-state index in [0.717, 1.165) is 13.0 Å². The highest BCUT2D eigenvalue weighted by Gasteiger charge is 2.37. The van der Waals surface area contributed by atoms with Crippen LogP contribution < -0.4 is 5.32 Å². The normalized spacial score (nSPS) is 30.9. The van der Waals surface area contributed by atoms with E-state index in [-0.39, 0.29) is 23.3 Å². The highest BCUT2D eigenvalue weighted by Crippen LogP contribution is 2.31. The zero-order valence-electron chi connectivity index (χ0n) is 12.3. The number of amides is 1. The molecule has 18 heavy (non-hydrogen) atoms. The molecule has 0 radical (unpaired) electrons. The fraction of sp³-hybridized carbons (Fsp3) is 0.933. The molecule has 2 aliphatic rings. The number of rotatable bonds is 2. The van der Waals surface area contributed by atoms with E-state index in [4.69, 9.17) is 0 Å². The highest BCUT2D eigenvalue weighted by atomic mass is 16.2. The van der Waals surface area contributed by atoms with Gasteiger partial charge in [0.25, 0.3) is 0 Å². The van der Waals surface area contributed by atoms with Gasteiger partial charge in [0.15, 0.2) is 0 Å². The van der Waals surface area contributed by atoms with Crippen molar-refractivity contribution < 1.29 is 4.79 Å². The Bertz CT molecular complexity index is 294. The highest BCUT2D eigenvalue weighted by molar-refractivity contribution is 5.79. The van der Waals surface area contributed by atoms with Crippen molar-refractivity contribution in [3.8, 4) is 0 Å². The van der Waals surface area contributed by atoms with Crippen LogP contribution in [0.15, 0.2) is 0 Å². The van der Waals surface area contributed by atoms with Crippen molar-refractivity contribution in [3.05, 3.63) is 0 Å². The number of fused-ring (bicyclic) bond motifs is 1. The van der Waals surface area contributed by atoms with E-state index in [1.54, 1.807) is 0 Å². The maximum absolute atomic E-state index is 12.3. The number of hydrogen-bond donors (Lipinski definition) is 1. The molecule has 2 aliphatic heterocycles. The maximum atomic E-state index is 12.3. The first kappa shape index (κ1) is 13.9. The van der Waals surface area contributed by atoms with Gasteiger partial charge >= 0.3 is 0 Å². The van der Waals surface area contributed by atoms with Crippen molar-refractivity contribution in [3.63, 3.8) is 0 Å². The first-order valence-electron chi connectivity index (χ1n) is 7.42. The van der Waals surface area contributed by atoms with E-state index in [0.29, 0.717) is 6.04 Å². The molecule has 0 aromatic carbocycles. The summed E-state index contributed by atoms with van der Waals surface area (Å²) in [6.45, 7) is 10.8. The molecule has 0 bridgehead atoms. The topological polar surface area (TPSA) is 32.3 Å². The van der Waals surface area contributed by atoms with Gasteiger partial charge in [-0.3, -0.25) is 9.69 Å². The van der Waals surface area contributed by atoms with Gasteiger partial charge in [0.05, 0.1) is 5.92 Å². The van der Waals surface area contributed by atoms with Gasteiger partial charge in [0, 0.05) is 18.6 Å². The Kier molecular flexibility index (Phi) is 4.00. The second kappa shape index (κ2) is 5.20. The Balaban J connectivity index is 1.87. The molecule has 2 fully saturated rings. The van der Waals surface area contributed by atoms with Gasteiger partial charge in [-0.25, -0.2) is 0 Å². The average molecular weight is 252 g/mol. The second-order valence-electron chi connectivity index (χ2n) is 7.17. The van der Waals surface area contributed by atoms with E-state index >= 15 is 0 Å². The molecule has 0 aromatic heterocycles. The number of piperidine rings is 1. The molecule has 104 valence electrons.